The fraction of sp³-hybridized carbons (Fsp3) is 0.303. The number of carbonyl (C=O) groups excluding carboxylic acids is 3. The molecule has 5 nitrogen and oxygen atoms in total. The highest BCUT2D eigenvalue weighted by Crippen LogP contribution is 2.66. The van der Waals surface area contributed by atoms with Gasteiger partial charge in [-0.2, -0.15) is 0 Å². The topological polar surface area (TPSA) is 90.4 Å². The molecule has 2 bridgehead atoms. The van der Waals surface area contributed by atoms with E-state index in [1.165, 1.54) is 6.07 Å². The van der Waals surface area contributed by atoms with Crippen LogP contribution in [-0.2, 0) is 11.2 Å². The number of amides is 1. The first kappa shape index (κ1) is 25.2. The first-order valence-electron chi connectivity index (χ1n) is 13.5. The van der Waals surface area contributed by atoms with E-state index in [0.717, 1.165) is 36.3 Å². The summed E-state index contributed by atoms with van der Waals surface area (Å²) in [5, 5.41) is 0.603. The van der Waals surface area contributed by atoms with Crippen molar-refractivity contribution in [2.45, 2.75) is 52.4 Å². The van der Waals surface area contributed by atoms with Gasteiger partial charge in [-0.25, -0.2) is 4.39 Å². The molecule has 0 unspecified atom stereocenters. The van der Waals surface area contributed by atoms with Gasteiger partial charge in [-0.3, -0.25) is 14.4 Å². The van der Waals surface area contributed by atoms with Crippen LogP contribution in [-0.4, -0.2) is 17.5 Å². The van der Waals surface area contributed by atoms with Crippen LogP contribution in [0.2, 0.25) is 0 Å². The lowest BCUT2D eigenvalue weighted by Gasteiger charge is -2.62. The van der Waals surface area contributed by atoms with E-state index in [2.05, 4.69) is 0 Å². The Morgan fingerprint density at radius 2 is 1.67 bits per heavy atom. The molecule has 3 aliphatic carbocycles. The van der Waals surface area contributed by atoms with Crippen LogP contribution in [0.15, 0.2) is 59.0 Å². The Kier molecular flexibility index (Phi) is 6.01. The summed E-state index contributed by atoms with van der Waals surface area (Å²) in [5.74, 6) is -0.166. The Morgan fingerprint density at radius 1 is 0.974 bits per heavy atom. The maximum atomic E-state index is 14.9. The monoisotopic (exact) mass is 523 g/mol. The third-order valence-corrected chi connectivity index (χ3v) is 8.47. The molecule has 0 aliphatic heterocycles. The quantitative estimate of drug-likeness (QED) is 0.235. The number of rotatable bonds is 9. The summed E-state index contributed by atoms with van der Waals surface area (Å²) in [4.78, 5) is 38.4. The fourth-order valence-corrected chi connectivity index (χ4v) is 6.37. The number of furan rings is 1. The molecule has 39 heavy (non-hydrogen) atoms. The van der Waals surface area contributed by atoms with Gasteiger partial charge in [0.15, 0.2) is 11.6 Å². The minimum absolute atomic E-state index is 0.0544. The maximum Gasteiger partial charge on any atom is 0.221 e. The van der Waals surface area contributed by atoms with Crippen LogP contribution >= 0.6 is 0 Å². The van der Waals surface area contributed by atoms with Crippen molar-refractivity contribution in [3.8, 4) is 22.5 Å². The van der Waals surface area contributed by atoms with Gasteiger partial charge in [0.2, 0.25) is 5.91 Å². The number of nitrogens with two attached hydrogens (primary N) is 1. The third-order valence-electron chi connectivity index (χ3n) is 8.47. The van der Waals surface area contributed by atoms with E-state index in [0.29, 0.717) is 45.4 Å². The standard InChI is InChI=1S/C33H30FNO4/c1-3-27(36)31-25-13-23(21-8-9-26(34)24(10-21)28(37)17-33-14-19(15-33)16-33)22(12-30(35)38)11-29(25)39-32(31)20-6-4-18(2)5-7-20/h4-11,13,19H,3,12,14-17H2,1-2H3,(H2,35,38). The van der Waals surface area contributed by atoms with Gasteiger partial charge < -0.3 is 10.2 Å². The summed E-state index contributed by atoms with van der Waals surface area (Å²) < 4.78 is 21.1. The van der Waals surface area contributed by atoms with Crippen LogP contribution in [0.5, 0.6) is 0 Å². The second-order valence-electron chi connectivity index (χ2n) is 11.4. The molecule has 3 aliphatic rings. The van der Waals surface area contributed by atoms with Crippen LogP contribution in [0.3, 0.4) is 0 Å². The predicted molar refractivity (Wildman–Crippen MR) is 148 cm³/mol. The van der Waals surface area contributed by atoms with Crippen LogP contribution in [0, 0.1) is 24.1 Å². The van der Waals surface area contributed by atoms with Crippen LogP contribution < -0.4 is 5.73 Å². The summed E-state index contributed by atoms with van der Waals surface area (Å²) in [7, 11) is 0. The van der Waals surface area contributed by atoms with Gasteiger partial charge in [-0.05, 0) is 78.5 Å². The van der Waals surface area contributed by atoms with Crippen LogP contribution in [0.1, 0.15) is 70.9 Å². The zero-order valence-corrected chi connectivity index (χ0v) is 22.1. The van der Waals surface area contributed by atoms with Crippen LogP contribution in [0.25, 0.3) is 33.4 Å². The minimum Gasteiger partial charge on any atom is -0.455 e. The average Bonchev–Trinajstić information content (AvgIpc) is 3.23. The Balaban J connectivity index is 1.50. The lowest BCUT2D eigenvalue weighted by atomic mass is 9.43. The molecule has 3 saturated carbocycles. The molecule has 3 aromatic carbocycles. The zero-order chi connectivity index (χ0) is 27.5. The number of carbonyl (C=O) groups is 3. The number of hydrogen-bond acceptors (Lipinski definition) is 4. The van der Waals surface area contributed by atoms with Crippen molar-refractivity contribution in [1.82, 2.24) is 0 Å². The largest absolute Gasteiger partial charge is 0.455 e. The number of Topliss-reactive ketones (excluding diaryl/α,β-unsaturated/α-hetero) is 2. The minimum atomic E-state index is -0.556. The lowest BCUT2D eigenvalue weighted by Crippen LogP contribution is -2.52. The summed E-state index contributed by atoms with van der Waals surface area (Å²) in [6.07, 6.45) is 3.72. The van der Waals surface area contributed by atoms with Crippen molar-refractivity contribution in [2.24, 2.45) is 17.1 Å². The molecular formula is C33H30FNO4. The van der Waals surface area contributed by atoms with Gasteiger partial charge in [-0.15, -0.1) is 0 Å². The number of benzene rings is 3. The first-order chi connectivity index (χ1) is 18.7. The first-order valence-corrected chi connectivity index (χ1v) is 13.5. The number of fused-ring (bicyclic) bond motifs is 1. The molecule has 0 radical (unpaired) electrons. The van der Waals surface area contributed by atoms with Gasteiger partial charge >= 0.3 is 0 Å². The van der Waals surface area contributed by atoms with Crippen molar-refractivity contribution in [3.63, 3.8) is 0 Å². The summed E-state index contributed by atoms with van der Waals surface area (Å²) in [6, 6.07) is 15.7. The highest BCUT2D eigenvalue weighted by Gasteiger charge is 2.57. The second-order valence-corrected chi connectivity index (χ2v) is 11.4. The molecule has 7 rings (SSSR count). The van der Waals surface area contributed by atoms with Gasteiger partial charge in [0, 0.05) is 23.8 Å². The molecule has 1 aromatic heterocycles. The SMILES string of the molecule is CCC(=O)c1c(-c2ccc(C)cc2)oc2cc(CC(N)=O)c(-c3ccc(F)c(C(=O)CC45CC(C4)C5)c3)cc12. The van der Waals surface area contributed by atoms with E-state index in [1.807, 2.05) is 31.2 Å². The number of halogens is 1. The Morgan fingerprint density at radius 3 is 2.28 bits per heavy atom. The Labute approximate surface area is 226 Å². The highest BCUT2D eigenvalue weighted by atomic mass is 19.1. The van der Waals surface area contributed by atoms with Gasteiger partial charge in [0.05, 0.1) is 17.5 Å². The van der Waals surface area contributed by atoms with Crippen molar-refractivity contribution < 1.29 is 23.2 Å². The third kappa shape index (κ3) is 4.38. The number of aryl methyl sites for hydroxylation is 1. The fourth-order valence-electron chi connectivity index (χ4n) is 6.37. The number of primary amides is 1. The lowest BCUT2D eigenvalue weighted by molar-refractivity contribution is -0.117. The normalized spacial score (nSPS) is 19.4. The van der Waals surface area contributed by atoms with Crippen molar-refractivity contribution in [2.75, 3.05) is 0 Å². The maximum absolute atomic E-state index is 14.9. The van der Waals surface area contributed by atoms with Crippen molar-refractivity contribution in [1.29, 1.82) is 0 Å². The van der Waals surface area contributed by atoms with Crippen molar-refractivity contribution >= 4 is 28.4 Å². The molecule has 3 fully saturated rings. The Bertz CT molecular complexity index is 1650. The van der Waals surface area contributed by atoms with Gasteiger partial charge in [0.25, 0.3) is 0 Å². The number of hydrogen-bond donors (Lipinski definition) is 1. The molecule has 198 valence electrons. The summed E-state index contributed by atoms with van der Waals surface area (Å²) in [6.45, 7) is 3.78. The molecule has 1 amide bonds. The predicted octanol–water partition coefficient (Wildman–Crippen LogP) is 7.21. The van der Waals surface area contributed by atoms with E-state index >= 15 is 0 Å². The highest BCUT2D eigenvalue weighted by molar-refractivity contribution is 6.13. The Hall–Kier alpha value is -4.06. The average molecular weight is 524 g/mol. The molecule has 1 heterocycles. The van der Waals surface area contributed by atoms with E-state index in [9.17, 15) is 18.8 Å². The van der Waals surface area contributed by atoms with Gasteiger partial charge in [-0.1, -0.05) is 42.8 Å². The molecule has 0 saturated heterocycles. The summed E-state index contributed by atoms with van der Waals surface area (Å²) >= 11 is 0. The smallest absolute Gasteiger partial charge is 0.221 e. The molecule has 4 aromatic rings. The van der Waals surface area contributed by atoms with E-state index < -0.39 is 11.7 Å². The van der Waals surface area contributed by atoms with Gasteiger partial charge in [0.1, 0.15) is 17.2 Å². The van der Waals surface area contributed by atoms with Crippen molar-refractivity contribution in [3.05, 3.63) is 82.7 Å². The van der Waals surface area contributed by atoms with Crippen LogP contribution in [0.4, 0.5) is 4.39 Å². The van der Waals surface area contributed by atoms with E-state index in [1.54, 1.807) is 31.2 Å². The van der Waals surface area contributed by atoms with E-state index in [-0.39, 0.29) is 35.4 Å². The molecular weight excluding hydrogens is 493 g/mol. The zero-order valence-electron chi connectivity index (χ0n) is 22.1. The van der Waals surface area contributed by atoms with E-state index in [4.69, 9.17) is 10.2 Å². The number of ketones is 2. The summed E-state index contributed by atoms with van der Waals surface area (Å²) in [5.41, 5.74) is 10.3. The molecule has 2 N–H and O–H groups in total. The second kappa shape index (κ2) is 9.30. The molecule has 0 atom stereocenters. The molecule has 0 spiro atoms. The molecule has 6 heteroatoms.